The SMILES string of the molecule is O=C(CCC(=O)c1ccccc1)[O][Sn]([O]C(=O)CCC(=O)c1ccccc1)([O]C(=O)CCC(=O)c1ccccc1)[O]C(=O)CCC(=O)c1ccccc1. The number of carbonyl (C=O) groups is 8. The fraction of sp³-hybridized carbons (Fsp3) is 0.200. The van der Waals surface area contributed by atoms with E-state index in [1.807, 2.05) is 0 Å². The molecule has 0 aliphatic rings. The van der Waals surface area contributed by atoms with Crippen LogP contribution in [0.2, 0.25) is 0 Å². The predicted octanol–water partition coefficient (Wildman–Crippen LogP) is 6.25. The summed E-state index contributed by atoms with van der Waals surface area (Å²) >= 11 is -6.53. The zero-order valence-electron chi connectivity index (χ0n) is 28.6. The van der Waals surface area contributed by atoms with Crippen LogP contribution in [0.4, 0.5) is 0 Å². The molecule has 0 radical (unpaired) electrons. The number of benzene rings is 4. The fourth-order valence-corrected chi connectivity index (χ4v) is 9.88. The van der Waals surface area contributed by atoms with Gasteiger partial charge >= 0.3 is 313 Å². The van der Waals surface area contributed by atoms with E-state index in [9.17, 15) is 38.4 Å². The first-order valence-electron chi connectivity index (χ1n) is 16.7. The van der Waals surface area contributed by atoms with Crippen LogP contribution in [-0.2, 0) is 31.5 Å². The molecule has 0 spiro atoms. The molecule has 0 unspecified atom stereocenters. The van der Waals surface area contributed by atoms with Gasteiger partial charge in [0.15, 0.2) is 0 Å². The van der Waals surface area contributed by atoms with E-state index in [1.165, 1.54) is 0 Å². The summed E-state index contributed by atoms with van der Waals surface area (Å²) in [4.78, 5) is 104. The van der Waals surface area contributed by atoms with Crippen LogP contribution in [0.1, 0.15) is 92.8 Å². The Morgan fingerprint density at radius 1 is 0.302 bits per heavy atom. The quantitative estimate of drug-likeness (QED) is 0.0726. The summed E-state index contributed by atoms with van der Waals surface area (Å²) in [5.41, 5.74) is 1.25. The Morgan fingerprint density at radius 3 is 0.679 bits per heavy atom. The third-order valence-electron chi connectivity index (χ3n) is 7.56. The standard InChI is InChI=1S/4C10H10O3.Sn/c4*11-9(6-7-10(12)13)8-4-2-1-3-5-8;/h4*1-5H,6-7H2,(H,12,13);/q;;;;+4/p-4. The van der Waals surface area contributed by atoms with Crippen molar-refractivity contribution in [1.29, 1.82) is 0 Å². The number of hydrogen-bond donors (Lipinski definition) is 0. The minimum atomic E-state index is -6.53. The molecule has 0 N–H and O–H groups in total. The molecular formula is C40H36O12Sn. The third kappa shape index (κ3) is 13.4. The molecule has 0 aromatic heterocycles. The first-order chi connectivity index (χ1) is 25.5. The van der Waals surface area contributed by atoms with Crippen molar-refractivity contribution < 1.29 is 50.7 Å². The average molecular weight is 827 g/mol. The van der Waals surface area contributed by atoms with Crippen LogP contribution in [0, 0.1) is 0 Å². The van der Waals surface area contributed by atoms with Crippen LogP contribution in [0.3, 0.4) is 0 Å². The topological polar surface area (TPSA) is 173 Å². The Bertz CT molecular complexity index is 1630. The molecule has 4 aromatic carbocycles. The fourth-order valence-electron chi connectivity index (χ4n) is 4.82. The van der Waals surface area contributed by atoms with Crippen LogP contribution in [-0.4, -0.2) is 67.0 Å². The van der Waals surface area contributed by atoms with Crippen LogP contribution < -0.4 is 0 Å². The van der Waals surface area contributed by atoms with E-state index >= 15 is 0 Å². The second kappa shape index (κ2) is 20.3. The molecule has 4 rings (SSSR count). The summed E-state index contributed by atoms with van der Waals surface area (Å²) in [6.45, 7) is 0. The summed E-state index contributed by atoms with van der Waals surface area (Å²) in [5, 5.41) is 0. The molecule has 0 saturated carbocycles. The number of carbonyl (C=O) groups excluding carboxylic acids is 8. The second-order valence-electron chi connectivity index (χ2n) is 11.6. The normalized spacial score (nSPS) is 10.7. The van der Waals surface area contributed by atoms with Gasteiger partial charge in [0.05, 0.1) is 0 Å². The van der Waals surface area contributed by atoms with Gasteiger partial charge in [0, 0.05) is 0 Å². The van der Waals surface area contributed by atoms with E-state index < -0.39 is 92.7 Å². The Labute approximate surface area is 311 Å². The van der Waals surface area contributed by atoms with Crippen molar-refractivity contribution in [2.75, 3.05) is 0 Å². The summed E-state index contributed by atoms with van der Waals surface area (Å²) < 4.78 is 21.8. The summed E-state index contributed by atoms with van der Waals surface area (Å²) in [5.74, 6) is -6.42. The van der Waals surface area contributed by atoms with Crippen molar-refractivity contribution in [1.82, 2.24) is 0 Å². The van der Waals surface area contributed by atoms with Gasteiger partial charge in [-0.05, 0) is 0 Å². The van der Waals surface area contributed by atoms with E-state index in [2.05, 4.69) is 0 Å². The monoisotopic (exact) mass is 828 g/mol. The zero-order valence-corrected chi connectivity index (χ0v) is 31.5. The van der Waals surface area contributed by atoms with Gasteiger partial charge in [0.2, 0.25) is 0 Å². The molecule has 53 heavy (non-hydrogen) atoms. The van der Waals surface area contributed by atoms with Crippen molar-refractivity contribution in [3.05, 3.63) is 144 Å². The molecule has 13 heteroatoms. The van der Waals surface area contributed by atoms with Crippen LogP contribution >= 0.6 is 0 Å². The van der Waals surface area contributed by atoms with Gasteiger partial charge in [-0.3, -0.25) is 0 Å². The average Bonchev–Trinajstić information content (AvgIpc) is 3.18. The molecular weight excluding hydrogens is 791 g/mol. The number of Topliss-reactive ketones (excluding diaryl/α,β-unsaturated/α-hetero) is 4. The van der Waals surface area contributed by atoms with Crippen LogP contribution in [0.5, 0.6) is 0 Å². The Kier molecular flexibility index (Phi) is 15.3. The molecule has 12 nitrogen and oxygen atoms in total. The maximum absolute atomic E-state index is 13.2. The van der Waals surface area contributed by atoms with Crippen molar-refractivity contribution in [3.63, 3.8) is 0 Å². The van der Waals surface area contributed by atoms with Gasteiger partial charge in [-0.1, -0.05) is 0 Å². The van der Waals surface area contributed by atoms with Gasteiger partial charge in [-0.25, -0.2) is 0 Å². The molecule has 0 bridgehead atoms. The van der Waals surface area contributed by atoms with Gasteiger partial charge in [-0.15, -0.1) is 0 Å². The van der Waals surface area contributed by atoms with Gasteiger partial charge in [0.25, 0.3) is 0 Å². The number of rotatable bonds is 20. The van der Waals surface area contributed by atoms with Crippen LogP contribution in [0.25, 0.3) is 0 Å². The van der Waals surface area contributed by atoms with Gasteiger partial charge in [-0.2, -0.15) is 0 Å². The molecule has 0 atom stereocenters. The molecule has 0 amide bonds. The van der Waals surface area contributed by atoms with Crippen molar-refractivity contribution in [2.45, 2.75) is 51.4 Å². The summed E-state index contributed by atoms with van der Waals surface area (Å²) in [6.07, 6.45) is -3.75. The van der Waals surface area contributed by atoms with Crippen LogP contribution in [0.15, 0.2) is 121 Å². The van der Waals surface area contributed by atoms with Crippen molar-refractivity contribution in [2.24, 2.45) is 0 Å². The van der Waals surface area contributed by atoms with E-state index in [4.69, 9.17) is 12.3 Å². The molecule has 0 aliphatic heterocycles. The zero-order chi connectivity index (χ0) is 38.1. The van der Waals surface area contributed by atoms with Gasteiger partial charge in [0.1, 0.15) is 0 Å². The van der Waals surface area contributed by atoms with E-state index in [1.54, 1.807) is 121 Å². The van der Waals surface area contributed by atoms with Gasteiger partial charge < -0.3 is 0 Å². The van der Waals surface area contributed by atoms with Crippen molar-refractivity contribution in [3.8, 4) is 0 Å². The third-order valence-corrected chi connectivity index (χ3v) is 13.0. The summed E-state index contributed by atoms with van der Waals surface area (Å²) in [6, 6.07) is 32.3. The Balaban J connectivity index is 1.55. The van der Waals surface area contributed by atoms with E-state index in [0.29, 0.717) is 22.3 Å². The molecule has 272 valence electrons. The first kappa shape index (κ1) is 40.0. The first-order valence-corrected chi connectivity index (χ1v) is 21.4. The number of hydrogen-bond acceptors (Lipinski definition) is 12. The molecule has 4 aromatic rings. The maximum atomic E-state index is 13.2. The summed E-state index contributed by atoms with van der Waals surface area (Å²) in [7, 11) is 0. The molecule has 0 heterocycles. The Hall–Kier alpha value is -5.76. The van der Waals surface area contributed by atoms with E-state index in [0.717, 1.165) is 0 Å². The Morgan fingerprint density at radius 2 is 0.491 bits per heavy atom. The predicted molar refractivity (Wildman–Crippen MR) is 190 cm³/mol. The second-order valence-corrected chi connectivity index (χ2v) is 16.7. The minimum absolute atomic E-state index is 0.314. The van der Waals surface area contributed by atoms with E-state index in [-0.39, 0.29) is 25.7 Å². The molecule has 0 saturated heterocycles. The molecule has 0 fully saturated rings. The number of ketones is 4. The van der Waals surface area contributed by atoms with Crippen molar-refractivity contribution >= 4 is 67.0 Å². The molecule has 0 aliphatic carbocycles.